The highest BCUT2D eigenvalue weighted by Crippen LogP contribution is 2.28. The maximum atomic E-state index is 3.82. The molecule has 0 aromatic carbocycles. The summed E-state index contributed by atoms with van der Waals surface area (Å²) >= 11 is 0. The van der Waals surface area contributed by atoms with Crippen LogP contribution in [0.4, 0.5) is 0 Å². The molecule has 2 heteroatoms. The van der Waals surface area contributed by atoms with Gasteiger partial charge < -0.3 is 5.32 Å². The summed E-state index contributed by atoms with van der Waals surface area (Å²) < 4.78 is 0. The second-order valence-corrected chi connectivity index (χ2v) is 6.61. The number of hydrogen-bond acceptors (Lipinski definition) is 2. The Morgan fingerprint density at radius 2 is 1.65 bits per heavy atom. The second kappa shape index (κ2) is 6.19. The van der Waals surface area contributed by atoms with Gasteiger partial charge in [0.2, 0.25) is 0 Å². The van der Waals surface area contributed by atoms with Gasteiger partial charge in [-0.05, 0) is 64.0 Å². The van der Waals surface area contributed by atoms with Gasteiger partial charge in [0.05, 0.1) is 0 Å². The van der Waals surface area contributed by atoms with Crippen LogP contribution in [0.3, 0.4) is 0 Å². The van der Waals surface area contributed by atoms with Crippen molar-refractivity contribution in [3.63, 3.8) is 0 Å². The van der Waals surface area contributed by atoms with Gasteiger partial charge >= 0.3 is 0 Å². The monoisotopic (exact) mass is 238 g/mol. The Morgan fingerprint density at radius 3 is 2.24 bits per heavy atom. The predicted molar refractivity (Wildman–Crippen MR) is 74.2 cm³/mol. The molecule has 3 unspecified atom stereocenters. The summed E-state index contributed by atoms with van der Waals surface area (Å²) in [5.41, 5.74) is 0. The summed E-state index contributed by atoms with van der Waals surface area (Å²) in [6.45, 7) is 11.0. The number of nitrogens with zero attached hydrogens (tertiary/aromatic N) is 1. The fraction of sp³-hybridized carbons (Fsp3) is 1.00. The zero-order chi connectivity index (χ0) is 12.3. The van der Waals surface area contributed by atoms with Gasteiger partial charge in [-0.3, -0.25) is 4.90 Å². The Hall–Kier alpha value is -0.0800. The molecule has 0 aromatic rings. The Balaban J connectivity index is 1.69. The number of hydrogen-bond donors (Lipinski definition) is 1. The molecular weight excluding hydrogens is 208 g/mol. The highest BCUT2D eigenvalue weighted by atomic mass is 15.2. The molecule has 17 heavy (non-hydrogen) atoms. The molecule has 1 saturated heterocycles. The molecule has 1 saturated carbocycles. The van der Waals surface area contributed by atoms with Crippen LogP contribution in [0.25, 0.3) is 0 Å². The fourth-order valence-corrected chi connectivity index (χ4v) is 3.76. The van der Waals surface area contributed by atoms with E-state index in [9.17, 15) is 0 Å². The van der Waals surface area contributed by atoms with E-state index in [0.29, 0.717) is 0 Å². The molecule has 2 fully saturated rings. The number of nitrogens with one attached hydrogen (secondary N) is 1. The van der Waals surface area contributed by atoms with Gasteiger partial charge in [0.15, 0.2) is 0 Å². The summed E-state index contributed by atoms with van der Waals surface area (Å²) in [5, 5.41) is 3.82. The van der Waals surface area contributed by atoms with Crippen molar-refractivity contribution < 1.29 is 0 Å². The van der Waals surface area contributed by atoms with E-state index in [0.717, 1.165) is 23.9 Å². The third-order valence-electron chi connectivity index (χ3n) is 4.64. The molecule has 1 heterocycles. The number of likely N-dealkylation sites (tertiary alicyclic amines) is 1. The van der Waals surface area contributed by atoms with Crippen molar-refractivity contribution in [3.8, 4) is 0 Å². The van der Waals surface area contributed by atoms with Gasteiger partial charge in [0.25, 0.3) is 0 Å². The average molecular weight is 238 g/mol. The van der Waals surface area contributed by atoms with E-state index in [-0.39, 0.29) is 0 Å². The van der Waals surface area contributed by atoms with Crippen molar-refractivity contribution in [2.45, 2.75) is 65.0 Å². The first-order valence-corrected chi connectivity index (χ1v) is 7.62. The molecule has 0 radical (unpaired) electrons. The summed E-state index contributed by atoms with van der Waals surface area (Å²) in [6, 6.07) is 1.50. The van der Waals surface area contributed by atoms with Gasteiger partial charge in [-0.2, -0.15) is 0 Å². The lowest BCUT2D eigenvalue weighted by Crippen LogP contribution is -2.44. The first-order valence-electron chi connectivity index (χ1n) is 7.62. The molecule has 0 bridgehead atoms. The molecule has 1 aliphatic carbocycles. The van der Waals surface area contributed by atoms with Crippen LogP contribution in [-0.2, 0) is 0 Å². The van der Waals surface area contributed by atoms with E-state index in [1.165, 1.54) is 51.7 Å². The molecule has 1 N–H and O–H groups in total. The van der Waals surface area contributed by atoms with Gasteiger partial charge in [-0.1, -0.05) is 13.8 Å². The summed E-state index contributed by atoms with van der Waals surface area (Å²) in [6.07, 6.45) is 7.01. The van der Waals surface area contributed by atoms with Gasteiger partial charge in [0.1, 0.15) is 0 Å². The van der Waals surface area contributed by atoms with Crippen molar-refractivity contribution in [3.05, 3.63) is 0 Å². The quantitative estimate of drug-likeness (QED) is 0.810. The minimum Gasteiger partial charge on any atom is -0.312 e. The highest BCUT2D eigenvalue weighted by molar-refractivity contribution is 4.82. The minimum absolute atomic E-state index is 0.727. The topological polar surface area (TPSA) is 15.3 Å². The smallest absolute Gasteiger partial charge is 0.0192 e. The molecular formula is C15H30N2. The van der Waals surface area contributed by atoms with Crippen LogP contribution in [0.15, 0.2) is 0 Å². The lowest BCUT2D eigenvalue weighted by atomic mass is 9.80. The normalized spacial score (nSPS) is 37.2. The standard InChI is InChI=1S/C15H30N2/c1-12-8-13(2)10-15(9-12)16-11-14(3)17-6-4-5-7-17/h12-16H,4-11H2,1-3H3. The molecule has 0 amide bonds. The van der Waals surface area contributed by atoms with Gasteiger partial charge in [-0.15, -0.1) is 0 Å². The predicted octanol–water partition coefficient (Wildman–Crippen LogP) is 2.89. The summed E-state index contributed by atoms with van der Waals surface area (Å²) in [7, 11) is 0. The molecule has 2 nitrogen and oxygen atoms in total. The van der Waals surface area contributed by atoms with E-state index in [1.54, 1.807) is 0 Å². The van der Waals surface area contributed by atoms with Crippen molar-refractivity contribution in [2.24, 2.45) is 11.8 Å². The molecule has 0 spiro atoms. The molecule has 3 atom stereocenters. The lowest BCUT2D eigenvalue weighted by Gasteiger charge is -2.34. The SMILES string of the molecule is CC1CC(C)CC(NCC(C)N2CCCC2)C1. The van der Waals surface area contributed by atoms with Crippen molar-refractivity contribution >= 4 is 0 Å². The van der Waals surface area contributed by atoms with Crippen LogP contribution < -0.4 is 5.32 Å². The average Bonchev–Trinajstić information content (AvgIpc) is 2.78. The molecule has 0 aromatic heterocycles. The molecule has 100 valence electrons. The largest absolute Gasteiger partial charge is 0.312 e. The van der Waals surface area contributed by atoms with Crippen LogP contribution in [0.1, 0.15) is 52.9 Å². The Labute approximate surface area is 107 Å². The zero-order valence-corrected chi connectivity index (χ0v) is 11.9. The zero-order valence-electron chi connectivity index (χ0n) is 11.9. The van der Waals surface area contributed by atoms with Crippen LogP contribution in [0.2, 0.25) is 0 Å². The van der Waals surface area contributed by atoms with Crippen LogP contribution in [-0.4, -0.2) is 36.6 Å². The van der Waals surface area contributed by atoms with E-state index >= 15 is 0 Å². The third kappa shape index (κ3) is 3.96. The van der Waals surface area contributed by atoms with Gasteiger partial charge in [-0.25, -0.2) is 0 Å². The van der Waals surface area contributed by atoms with E-state index < -0.39 is 0 Å². The second-order valence-electron chi connectivity index (χ2n) is 6.61. The van der Waals surface area contributed by atoms with Crippen molar-refractivity contribution in [1.82, 2.24) is 10.2 Å². The summed E-state index contributed by atoms with van der Waals surface area (Å²) in [4.78, 5) is 2.64. The van der Waals surface area contributed by atoms with Crippen LogP contribution in [0.5, 0.6) is 0 Å². The summed E-state index contributed by atoms with van der Waals surface area (Å²) in [5.74, 6) is 1.83. The first kappa shape index (κ1) is 13.4. The Bertz CT molecular complexity index is 213. The maximum Gasteiger partial charge on any atom is 0.0192 e. The Morgan fingerprint density at radius 1 is 1.06 bits per heavy atom. The first-order chi connectivity index (χ1) is 8.15. The van der Waals surface area contributed by atoms with Gasteiger partial charge in [0, 0.05) is 18.6 Å². The van der Waals surface area contributed by atoms with Crippen LogP contribution >= 0.6 is 0 Å². The lowest BCUT2D eigenvalue weighted by molar-refractivity contribution is 0.206. The van der Waals surface area contributed by atoms with E-state index in [4.69, 9.17) is 0 Å². The molecule has 2 aliphatic rings. The Kier molecular flexibility index (Phi) is 4.87. The highest BCUT2D eigenvalue weighted by Gasteiger charge is 2.25. The van der Waals surface area contributed by atoms with E-state index in [1.807, 2.05) is 0 Å². The minimum atomic E-state index is 0.727. The van der Waals surface area contributed by atoms with Crippen LogP contribution in [0, 0.1) is 11.8 Å². The molecule has 2 rings (SSSR count). The van der Waals surface area contributed by atoms with Crippen molar-refractivity contribution in [1.29, 1.82) is 0 Å². The molecule has 1 aliphatic heterocycles. The van der Waals surface area contributed by atoms with Crippen molar-refractivity contribution in [2.75, 3.05) is 19.6 Å². The van der Waals surface area contributed by atoms with E-state index in [2.05, 4.69) is 31.0 Å². The third-order valence-corrected chi connectivity index (χ3v) is 4.64. The maximum absolute atomic E-state index is 3.82. The fourth-order valence-electron chi connectivity index (χ4n) is 3.76. The number of rotatable bonds is 4.